The summed E-state index contributed by atoms with van der Waals surface area (Å²) in [5.41, 5.74) is -2.13. The SMILES string of the molecule is C=CC(Nc1nc(C)nc2cc(=O)n(C3(C(F)F)CC3)cc12)c1cc(C(F)(F)CO)cs1. The monoisotopic (exact) mass is 468 g/mol. The number of fused-ring (bicyclic) bond motifs is 1. The minimum atomic E-state index is -3.37. The zero-order chi connectivity index (χ0) is 23.3. The molecular weight excluding hydrogens is 448 g/mol. The summed E-state index contributed by atoms with van der Waals surface area (Å²) in [5, 5.41) is 13.6. The van der Waals surface area contributed by atoms with Crippen LogP contribution in [-0.2, 0) is 11.5 Å². The molecule has 1 saturated carbocycles. The van der Waals surface area contributed by atoms with Gasteiger partial charge in [0.05, 0.1) is 16.9 Å². The molecule has 0 radical (unpaired) electrons. The summed E-state index contributed by atoms with van der Waals surface area (Å²) >= 11 is 1.05. The van der Waals surface area contributed by atoms with Gasteiger partial charge in [-0.25, -0.2) is 18.7 Å². The zero-order valence-corrected chi connectivity index (χ0v) is 17.8. The number of hydrogen-bond donors (Lipinski definition) is 2. The summed E-state index contributed by atoms with van der Waals surface area (Å²) in [6.45, 7) is 4.05. The van der Waals surface area contributed by atoms with E-state index in [1.165, 1.54) is 29.8 Å². The third-order valence-electron chi connectivity index (χ3n) is 5.57. The number of aliphatic hydroxyl groups excluding tert-OH is 1. The van der Waals surface area contributed by atoms with E-state index in [2.05, 4.69) is 21.9 Å². The van der Waals surface area contributed by atoms with Crippen molar-refractivity contribution >= 4 is 28.1 Å². The number of aromatic nitrogens is 3. The summed E-state index contributed by atoms with van der Waals surface area (Å²) in [5.74, 6) is -2.77. The molecule has 3 aromatic rings. The van der Waals surface area contributed by atoms with Crippen LogP contribution in [0.4, 0.5) is 23.4 Å². The van der Waals surface area contributed by atoms with Crippen LogP contribution in [0.1, 0.15) is 35.1 Å². The molecule has 32 heavy (non-hydrogen) atoms. The van der Waals surface area contributed by atoms with Gasteiger partial charge in [0.15, 0.2) is 0 Å². The molecule has 1 atom stereocenters. The molecule has 3 aromatic heterocycles. The van der Waals surface area contributed by atoms with Crippen molar-refractivity contribution in [1.29, 1.82) is 0 Å². The summed E-state index contributed by atoms with van der Waals surface area (Å²) in [4.78, 5) is 21.6. The molecular formula is C21H20F4N4O2S. The number of hydrogen-bond acceptors (Lipinski definition) is 6. The average molecular weight is 468 g/mol. The van der Waals surface area contributed by atoms with Crippen LogP contribution in [0.5, 0.6) is 0 Å². The normalized spacial score (nSPS) is 16.3. The molecule has 1 fully saturated rings. The number of halogens is 4. The van der Waals surface area contributed by atoms with Crippen molar-refractivity contribution in [3.05, 3.63) is 63.0 Å². The standard InChI is InChI=1S/C21H20F4N4O2S/c1-3-14(16-6-12(9-32-16)21(24,25)10-30)28-18-13-8-29(20(4-5-20)19(22)23)17(31)7-15(13)26-11(2)27-18/h3,6-9,14,19,30H,1,4-5,10H2,2H3,(H,26,27,28). The maximum absolute atomic E-state index is 13.8. The minimum Gasteiger partial charge on any atom is -0.390 e. The van der Waals surface area contributed by atoms with Crippen molar-refractivity contribution in [2.75, 3.05) is 11.9 Å². The molecule has 170 valence electrons. The highest BCUT2D eigenvalue weighted by molar-refractivity contribution is 7.10. The van der Waals surface area contributed by atoms with Crippen molar-refractivity contribution in [1.82, 2.24) is 14.5 Å². The highest BCUT2D eigenvalue weighted by atomic mass is 32.1. The Bertz CT molecular complexity index is 1240. The fourth-order valence-electron chi connectivity index (χ4n) is 3.56. The predicted octanol–water partition coefficient (Wildman–Crippen LogP) is 4.34. The number of nitrogens with zero attached hydrogens (tertiary/aromatic N) is 3. The van der Waals surface area contributed by atoms with Crippen LogP contribution < -0.4 is 10.9 Å². The first-order valence-corrected chi connectivity index (χ1v) is 10.7. The Morgan fingerprint density at radius 2 is 2.09 bits per heavy atom. The molecule has 1 aliphatic rings. The van der Waals surface area contributed by atoms with Gasteiger partial charge in [-0.05, 0) is 25.8 Å². The molecule has 6 nitrogen and oxygen atoms in total. The van der Waals surface area contributed by atoms with E-state index in [1.54, 1.807) is 6.92 Å². The van der Waals surface area contributed by atoms with E-state index < -0.39 is 36.1 Å². The Balaban J connectivity index is 1.76. The van der Waals surface area contributed by atoms with Crippen molar-refractivity contribution in [3.8, 4) is 0 Å². The Labute approximate surface area is 184 Å². The second-order valence-electron chi connectivity index (χ2n) is 7.76. The number of aryl methyl sites for hydroxylation is 1. The van der Waals surface area contributed by atoms with Crippen LogP contribution in [0.3, 0.4) is 0 Å². The lowest BCUT2D eigenvalue weighted by Gasteiger charge is -2.20. The quantitative estimate of drug-likeness (QED) is 0.380. The number of aliphatic hydroxyl groups is 1. The van der Waals surface area contributed by atoms with E-state index in [0.29, 0.717) is 16.1 Å². The van der Waals surface area contributed by atoms with Gasteiger partial charge in [0.1, 0.15) is 23.8 Å². The summed E-state index contributed by atoms with van der Waals surface area (Å²) in [7, 11) is 0. The van der Waals surface area contributed by atoms with Gasteiger partial charge in [-0.2, -0.15) is 8.78 Å². The van der Waals surface area contributed by atoms with Gasteiger partial charge >= 0.3 is 0 Å². The molecule has 1 unspecified atom stereocenters. The maximum Gasteiger partial charge on any atom is 0.296 e. The summed E-state index contributed by atoms with van der Waals surface area (Å²) < 4.78 is 55.9. The second-order valence-corrected chi connectivity index (χ2v) is 8.71. The topological polar surface area (TPSA) is 80.0 Å². The van der Waals surface area contributed by atoms with Gasteiger partial charge in [0.2, 0.25) is 0 Å². The van der Waals surface area contributed by atoms with Gasteiger partial charge < -0.3 is 15.0 Å². The van der Waals surface area contributed by atoms with Gasteiger partial charge in [-0.1, -0.05) is 6.08 Å². The number of pyridine rings is 1. The second kappa shape index (κ2) is 7.96. The first-order valence-electron chi connectivity index (χ1n) is 9.77. The van der Waals surface area contributed by atoms with E-state index in [-0.39, 0.29) is 29.7 Å². The average Bonchev–Trinajstić information content (AvgIpc) is 3.40. The van der Waals surface area contributed by atoms with Gasteiger partial charge in [0.25, 0.3) is 17.9 Å². The van der Waals surface area contributed by atoms with E-state index >= 15 is 0 Å². The van der Waals surface area contributed by atoms with E-state index in [0.717, 1.165) is 15.9 Å². The summed E-state index contributed by atoms with van der Waals surface area (Å²) in [6.07, 6.45) is 0.515. The lowest BCUT2D eigenvalue weighted by Crippen LogP contribution is -2.35. The Morgan fingerprint density at radius 1 is 1.38 bits per heavy atom. The fourth-order valence-corrected chi connectivity index (χ4v) is 4.56. The molecule has 0 saturated heterocycles. The largest absolute Gasteiger partial charge is 0.390 e. The molecule has 0 aromatic carbocycles. The van der Waals surface area contributed by atoms with Crippen molar-refractivity contribution in [3.63, 3.8) is 0 Å². The van der Waals surface area contributed by atoms with Crippen LogP contribution >= 0.6 is 11.3 Å². The first-order chi connectivity index (χ1) is 15.1. The Morgan fingerprint density at radius 3 is 2.69 bits per heavy atom. The smallest absolute Gasteiger partial charge is 0.296 e. The Hall–Kier alpha value is -2.79. The van der Waals surface area contributed by atoms with Gasteiger partial charge in [-0.3, -0.25) is 4.79 Å². The lowest BCUT2D eigenvalue weighted by molar-refractivity contribution is -0.0553. The van der Waals surface area contributed by atoms with Crippen molar-refractivity contribution in [2.45, 2.75) is 43.7 Å². The molecule has 1 aliphatic carbocycles. The van der Waals surface area contributed by atoms with Crippen LogP contribution in [-0.4, -0.2) is 32.7 Å². The van der Waals surface area contributed by atoms with E-state index in [1.807, 2.05) is 0 Å². The number of anilines is 1. The van der Waals surface area contributed by atoms with Crippen LogP contribution in [0.15, 0.2) is 41.2 Å². The minimum absolute atomic E-state index is 0.192. The van der Waals surface area contributed by atoms with Crippen LogP contribution in [0, 0.1) is 6.92 Å². The molecule has 0 aliphatic heterocycles. The van der Waals surface area contributed by atoms with Crippen LogP contribution in [0.2, 0.25) is 0 Å². The van der Waals surface area contributed by atoms with Crippen LogP contribution in [0.25, 0.3) is 10.9 Å². The number of nitrogens with one attached hydrogen (secondary N) is 1. The van der Waals surface area contributed by atoms with Crippen molar-refractivity contribution in [2.24, 2.45) is 0 Å². The molecule has 3 heterocycles. The van der Waals surface area contributed by atoms with Gasteiger partial charge in [-0.15, -0.1) is 17.9 Å². The molecule has 0 bridgehead atoms. The molecule has 4 rings (SSSR count). The third-order valence-corrected chi connectivity index (χ3v) is 6.58. The highest BCUT2D eigenvalue weighted by Crippen LogP contribution is 2.48. The molecule has 0 amide bonds. The third kappa shape index (κ3) is 3.79. The zero-order valence-electron chi connectivity index (χ0n) is 17.0. The number of rotatable bonds is 8. The first kappa shape index (κ1) is 22.4. The van der Waals surface area contributed by atoms with Gasteiger partial charge in [0, 0.05) is 28.1 Å². The number of thiophene rings is 1. The van der Waals surface area contributed by atoms with E-state index in [4.69, 9.17) is 5.11 Å². The fraction of sp³-hybridized carbons (Fsp3) is 0.381. The van der Waals surface area contributed by atoms with Crippen molar-refractivity contribution < 1.29 is 22.7 Å². The maximum atomic E-state index is 13.8. The Kier molecular flexibility index (Phi) is 5.58. The number of alkyl halides is 4. The molecule has 2 N–H and O–H groups in total. The highest BCUT2D eigenvalue weighted by Gasteiger charge is 2.53. The predicted molar refractivity (Wildman–Crippen MR) is 114 cm³/mol. The molecule has 0 spiro atoms. The van der Waals surface area contributed by atoms with E-state index in [9.17, 15) is 22.4 Å². The molecule has 11 heteroatoms. The summed E-state index contributed by atoms with van der Waals surface area (Å²) in [6, 6.07) is 1.83. The lowest BCUT2D eigenvalue weighted by atomic mass is 10.1.